The molecule has 5 rings (SSSR count). The molecule has 3 aliphatic rings. The van der Waals surface area contributed by atoms with Crippen LogP contribution in [0.5, 0.6) is 0 Å². The summed E-state index contributed by atoms with van der Waals surface area (Å²) in [5.41, 5.74) is 0.463. The number of carboxylic acid groups (broad SMARTS) is 1. The van der Waals surface area contributed by atoms with Crippen LogP contribution in [-0.2, 0) is 23.1 Å². The van der Waals surface area contributed by atoms with Crippen LogP contribution in [0.25, 0.3) is 0 Å². The predicted molar refractivity (Wildman–Crippen MR) is 110 cm³/mol. The summed E-state index contributed by atoms with van der Waals surface area (Å²) in [5.74, 6) is -0.689. The molecule has 2 aliphatic carbocycles. The molecule has 1 aliphatic heterocycles. The quantitative estimate of drug-likeness (QED) is 0.702. The number of likely N-dealkylation sites (tertiary alicyclic amines) is 1. The summed E-state index contributed by atoms with van der Waals surface area (Å²) >= 11 is 0. The van der Waals surface area contributed by atoms with Crippen molar-refractivity contribution in [2.45, 2.75) is 56.0 Å². The van der Waals surface area contributed by atoms with E-state index in [1.54, 1.807) is 18.2 Å². The van der Waals surface area contributed by atoms with Gasteiger partial charge in [0.2, 0.25) is 5.91 Å². The van der Waals surface area contributed by atoms with Crippen LogP contribution in [0, 0.1) is 5.92 Å². The Kier molecular flexibility index (Phi) is 4.81. The number of fused-ring (bicyclic) bond motifs is 1. The van der Waals surface area contributed by atoms with Gasteiger partial charge < -0.3 is 10.4 Å². The van der Waals surface area contributed by atoms with E-state index < -0.39 is 23.2 Å². The molecule has 2 aromatic rings. The van der Waals surface area contributed by atoms with Crippen molar-refractivity contribution in [3.63, 3.8) is 0 Å². The van der Waals surface area contributed by atoms with Crippen LogP contribution in [0.2, 0.25) is 0 Å². The van der Waals surface area contributed by atoms with Crippen molar-refractivity contribution in [2.24, 2.45) is 5.92 Å². The Hall–Kier alpha value is -2.87. The Bertz CT molecular complexity index is 1060. The number of hydrogen-bond acceptors (Lipinski definition) is 3. The van der Waals surface area contributed by atoms with Crippen molar-refractivity contribution < 1.29 is 27.9 Å². The van der Waals surface area contributed by atoms with E-state index in [9.17, 15) is 22.8 Å². The van der Waals surface area contributed by atoms with E-state index in [2.05, 4.69) is 5.32 Å². The summed E-state index contributed by atoms with van der Waals surface area (Å²) in [5, 5.41) is 12.2. The molecule has 1 saturated heterocycles. The van der Waals surface area contributed by atoms with Gasteiger partial charge in [-0.3, -0.25) is 9.69 Å². The van der Waals surface area contributed by atoms with Gasteiger partial charge in [0.15, 0.2) is 0 Å². The van der Waals surface area contributed by atoms with Crippen LogP contribution in [0.4, 0.5) is 13.2 Å². The number of amides is 1. The highest BCUT2D eigenvalue weighted by atomic mass is 19.4. The largest absolute Gasteiger partial charge is 0.478 e. The Labute approximate surface area is 183 Å². The summed E-state index contributed by atoms with van der Waals surface area (Å²) in [6, 6.07) is 11.7. The third kappa shape index (κ3) is 3.88. The summed E-state index contributed by atoms with van der Waals surface area (Å²) < 4.78 is 39.3. The Morgan fingerprint density at radius 2 is 1.81 bits per heavy atom. The number of halogens is 3. The average Bonchev–Trinajstić information content (AvgIpc) is 3.67. The molecule has 1 heterocycles. The Morgan fingerprint density at radius 1 is 1.09 bits per heavy atom. The van der Waals surface area contributed by atoms with Crippen LogP contribution in [0.15, 0.2) is 48.5 Å². The molecular formula is C24H23F3N2O3. The topological polar surface area (TPSA) is 69.6 Å². The average molecular weight is 444 g/mol. The fourth-order valence-electron chi connectivity index (χ4n) is 4.95. The summed E-state index contributed by atoms with van der Waals surface area (Å²) in [4.78, 5) is 26.3. The SMILES string of the molecule is O=C(O)c1ccc(C2(NC(=O)[C@H]3C[C@H]4C[C@H]4N3Cc3cccc(C(F)(F)F)c3)CC2)cc1. The summed E-state index contributed by atoms with van der Waals surface area (Å²) in [6.07, 6.45) is -1.15. The zero-order valence-electron chi connectivity index (χ0n) is 17.2. The second kappa shape index (κ2) is 7.33. The molecule has 0 unspecified atom stereocenters. The fourth-order valence-corrected chi connectivity index (χ4v) is 4.95. The molecule has 8 heteroatoms. The molecular weight excluding hydrogens is 421 g/mol. The van der Waals surface area contributed by atoms with Crippen molar-refractivity contribution in [1.82, 2.24) is 10.2 Å². The fraction of sp³-hybridized carbons (Fsp3) is 0.417. The second-order valence-electron chi connectivity index (χ2n) is 9.14. The van der Waals surface area contributed by atoms with Gasteiger partial charge in [-0.25, -0.2) is 4.79 Å². The van der Waals surface area contributed by atoms with E-state index in [1.807, 2.05) is 4.90 Å². The molecule has 168 valence electrons. The van der Waals surface area contributed by atoms with Gasteiger partial charge in [-0.15, -0.1) is 0 Å². The van der Waals surface area contributed by atoms with Crippen molar-refractivity contribution in [3.8, 4) is 0 Å². The van der Waals surface area contributed by atoms with Gasteiger partial charge in [0.25, 0.3) is 0 Å². The van der Waals surface area contributed by atoms with Crippen LogP contribution in [-0.4, -0.2) is 34.0 Å². The van der Waals surface area contributed by atoms with E-state index >= 15 is 0 Å². The Balaban J connectivity index is 1.30. The second-order valence-corrected chi connectivity index (χ2v) is 9.14. The third-order valence-corrected chi connectivity index (χ3v) is 6.96. The first-order valence-electron chi connectivity index (χ1n) is 10.7. The lowest BCUT2D eigenvalue weighted by Crippen LogP contribution is -2.48. The normalized spacial score (nSPS) is 25.8. The molecule has 0 spiro atoms. The molecule has 3 fully saturated rings. The van der Waals surface area contributed by atoms with Gasteiger partial charge in [0.05, 0.1) is 22.7 Å². The van der Waals surface area contributed by atoms with Crippen molar-refractivity contribution in [3.05, 3.63) is 70.8 Å². The number of hydrogen-bond donors (Lipinski definition) is 2. The highest BCUT2D eigenvalue weighted by molar-refractivity contribution is 5.87. The molecule has 3 atom stereocenters. The lowest BCUT2D eigenvalue weighted by atomic mass is 10.0. The van der Waals surface area contributed by atoms with Gasteiger partial charge in [-0.2, -0.15) is 13.2 Å². The minimum atomic E-state index is -4.39. The van der Waals surface area contributed by atoms with Gasteiger partial charge >= 0.3 is 12.1 Å². The number of nitrogens with zero attached hydrogens (tertiary/aromatic N) is 1. The highest BCUT2D eigenvalue weighted by Crippen LogP contribution is 2.50. The van der Waals surface area contributed by atoms with E-state index in [0.29, 0.717) is 24.4 Å². The highest BCUT2D eigenvalue weighted by Gasteiger charge is 2.55. The Morgan fingerprint density at radius 3 is 2.44 bits per heavy atom. The summed E-state index contributed by atoms with van der Waals surface area (Å²) in [6.45, 7) is 0.309. The first-order valence-corrected chi connectivity index (χ1v) is 10.7. The number of carbonyl (C=O) groups is 2. The number of alkyl halides is 3. The number of carbonyl (C=O) groups excluding carboxylic acids is 1. The van der Waals surface area contributed by atoms with Gasteiger partial charge in [0.1, 0.15) is 0 Å². The molecule has 0 bridgehead atoms. The smallest absolute Gasteiger partial charge is 0.416 e. The molecule has 0 radical (unpaired) electrons. The molecule has 0 aromatic heterocycles. The molecule has 5 nitrogen and oxygen atoms in total. The standard InChI is InChI=1S/C24H23F3N2O3/c25-24(26,27)18-3-1-2-14(10-18)13-29-19-11-16(19)12-20(29)21(30)28-23(8-9-23)17-6-4-15(5-7-17)22(31)32/h1-7,10,16,19-20H,8-9,11-13H2,(H,28,30)(H,31,32)/t16-,19-,20-/m1/s1. The summed E-state index contributed by atoms with van der Waals surface area (Å²) in [7, 11) is 0. The number of aromatic carboxylic acids is 1. The van der Waals surface area contributed by atoms with E-state index in [4.69, 9.17) is 5.11 Å². The molecule has 32 heavy (non-hydrogen) atoms. The number of nitrogens with one attached hydrogen (secondary N) is 1. The lowest BCUT2D eigenvalue weighted by molar-refractivity contribution is -0.137. The maximum absolute atomic E-state index is 13.2. The zero-order valence-corrected chi connectivity index (χ0v) is 17.2. The number of rotatable bonds is 6. The molecule has 2 N–H and O–H groups in total. The van der Waals surface area contributed by atoms with Crippen LogP contribution >= 0.6 is 0 Å². The molecule has 2 aromatic carbocycles. The third-order valence-electron chi connectivity index (χ3n) is 6.96. The maximum Gasteiger partial charge on any atom is 0.416 e. The van der Waals surface area contributed by atoms with Crippen LogP contribution < -0.4 is 5.32 Å². The van der Waals surface area contributed by atoms with Gasteiger partial charge in [0, 0.05) is 12.6 Å². The van der Waals surface area contributed by atoms with E-state index in [0.717, 1.165) is 37.0 Å². The van der Waals surface area contributed by atoms with Crippen LogP contribution in [0.3, 0.4) is 0 Å². The van der Waals surface area contributed by atoms with Crippen LogP contribution in [0.1, 0.15) is 52.7 Å². The number of piperidine rings is 1. The van der Waals surface area contributed by atoms with Crippen molar-refractivity contribution in [1.29, 1.82) is 0 Å². The number of benzene rings is 2. The van der Waals surface area contributed by atoms with Crippen molar-refractivity contribution in [2.75, 3.05) is 0 Å². The molecule has 1 amide bonds. The van der Waals surface area contributed by atoms with Gasteiger partial charge in [-0.05, 0) is 60.9 Å². The minimum absolute atomic E-state index is 0.107. The van der Waals surface area contributed by atoms with Gasteiger partial charge in [-0.1, -0.05) is 30.3 Å². The van der Waals surface area contributed by atoms with E-state index in [1.165, 1.54) is 18.2 Å². The first-order chi connectivity index (χ1) is 15.2. The first kappa shape index (κ1) is 21.0. The molecule has 2 saturated carbocycles. The zero-order chi connectivity index (χ0) is 22.7. The number of carboxylic acids is 1. The predicted octanol–water partition coefficient (Wildman–Crippen LogP) is 4.17. The lowest BCUT2D eigenvalue weighted by Gasteiger charge is -2.29. The monoisotopic (exact) mass is 444 g/mol. The maximum atomic E-state index is 13.2. The van der Waals surface area contributed by atoms with Crippen molar-refractivity contribution >= 4 is 11.9 Å². The van der Waals surface area contributed by atoms with E-state index in [-0.39, 0.29) is 23.6 Å². The minimum Gasteiger partial charge on any atom is -0.478 e.